The number of likely N-dealkylation sites (N-methyl/N-ethyl adjacent to an activating group) is 1. The van der Waals surface area contributed by atoms with Crippen LogP contribution in [0.5, 0.6) is 0 Å². The van der Waals surface area contributed by atoms with Crippen LogP contribution in [0.25, 0.3) is 0 Å². The molecule has 0 aromatic heterocycles. The number of hydrogen-bond acceptors (Lipinski definition) is 2. The van der Waals surface area contributed by atoms with Crippen molar-refractivity contribution in [3.63, 3.8) is 0 Å². The number of carbonyl (C=O) groups is 1. The molecule has 2 atom stereocenters. The number of rotatable bonds is 1. The molecule has 12 heavy (non-hydrogen) atoms. The Kier molecular flexibility index (Phi) is 2.73. The van der Waals surface area contributed by atoms with E-state index in [-0.39, 0.29) is 5.91 Å². The molecular formula is C9H18N2O. The highest BCUT2D eigenvalue weighted by Gasteiger charge is 2.32. The molecule has 70 valence electrons. The molecule has 0 N–H and O–H groups in total. The van der Waals surface area contributed by atoms with Crippen LogP contribution < -0.4 is 0 Å². The average molecular weight is 170 g/mol. The van der Waals surface area contributed by atoms with Crippen molar-refractivity contribution in [2.24, 2.45) is 0 Å². The fourth-order valence-electron chi connectivity index (χ4n) is 2.06. The Morgan fingerprint density at radius 2 is 2.08 bits per heavy atom. The Bertz CT molecular complexity index is 179. The molecule has 0 radical (unpaired) electrons. The van der Waals surface area contributed by atoms with Crippen LogP contribution in [0, 0.1) is 0 Å². The van der Waals surface area contributed by atoms with Crippen LogP contribution in [0.2, 0.25) is 0 Å². The summed E-state index contributed by atoms with van der Waals surface area (Å²) in [6, 6.07) is 0.909. The Morgan fingerprint density at radius 1 is 1.50 bits per heavy atom. The van der Waals surface area contributed by atoms with Crippen LogP contribution in [-0.4, -0.2) is 48.4 Å². The zero-order valence-electron chi connectivity index (χ0n) is 8.37. The lowest BCUT2D eigenvalue weighted by Crippen LogP contribution is -2.41. The van der Waals surface area contributed by atoms with E-state index >= 15 is 0 Å². The summed E-state index contributed by atoms with van der Waals surface area (Å²) in [4.78, 5) is 15.3. The second-order valence-electron chi connectivity index (χ2n) is 3.77. The topological polar surface area (TPSA) is 23.6 Å². The van der Waals surface area contributed by atoms with Gasteiger partial charge in [-0.15, -0.1) is 0 Å². The van der Waals surface area contributed by atoms with Gasteiger partial charge in [0.1, 0.15) is 0 Å². The van der Waals surface area contributed by atoms with Crippen LogP contribution in [0.15, 0.2) is 0 Å². The minimum Gasteiger partial charge on any atom is -0.339 e. The van der Waals surface area contributed by atoms with Crippen molar-refractivity contribution in [3.05, 3.63) is 0 Å². The van der Waals surface area contributed by atoms with Gasteiger partial charge in [0.05, 0.1) is 0 Å². The van der Waals surface area contributed by atoms with Crippen LogP contribution in [0.3, 0.4) is 0 Å². The van der Waals surface area contributed by atoms with Crippen LogP contribution in [-0.2, 0) is 4.79 Å². The first kappa shape index (κ1) is 9.52. The van der Waals surface area contributed by atoms with E-state index < -0.39 is 0 Å². The van der Waals surface area contributed by atoms with E-state index in [0.717, 1.165) is 13.0 Å². The molecule has 0 saturated carbocycles. The molecule has 0 aromatic rings. The second-order valence-corrected chi connectivity index (χ2v) is 3.77. The van der Waals surface area contributed by atoms with Crippen LogP contribution in [0.4, 0.5) is 0 Å². The zero-order valence-corrected chi connectivity index (χ0v) is 8.37. The normalized spacial score (nSPS) is 29.9. The van der Waals surface area contributed by atoms with E-state index in [9.17, 15) is 4.79 Å². The minimum absolute atomic E-state index is 0.201. The SMILES string of the molecule is CC(=O)N1CCC(N(C)C)C1C. The summed E-state index contributed by atoms with van der Waals surface area (Å²) in [5, 5.41) is 0. The number of nitrogens with zero attached hydrogens (tertiary/aromatic N) is 2. The monoisotopic (exact) mass is 170 g/mol. The molecule has 2 unspecified atom stereocenters. The summed E-state index contributed by atoms with van der Waals surface area (Å²) in [6.45, 7) is 4.69. The summed E-state index contributed by atoms with van der Waals surface area (Å²) in [5.74, 6) is 0.201. The van der Waals surface area contributed by atoms with Crippen molar-refractivity contribution >= 4 is 5.91 Å². The first-order valence-corrected chi connectivity index (χ1v) is 4.47. The van der Waals surface area contributed by atoms with Crippen molar-refractivity contribution in [3.8, 4) is 0 Å². The Morgan fingerprint density at radius 3 is 2.33 bits per heavy atom. The highest BCUT2D eigenvalue weighted by atomic mass is 16.2. The van der Waals surface area contributed by atoms with Crippen molar-refractivity contribution in [2.75, 3.05) is 20.6 Å². The molecule has 1 saturated heterocycles. The Balaban J connectivity index is 2.61. The molecule has 1 rings (SSSR count). The van der Waals surface area contributed by atoms with E-state index in [1.807, 2.05) is 4.90 Å². The zero-order chi connectivity index (χ0) is 9.30. The standard InChI is InChI=1S/C9H18N2O/c1-7-9(10(3)4)5-6-11(7)8(2)12/h7,9H,5-6H2,1-4H3. The quantitative estimate of drug-likeness (QED) is 0.574. The van der Waals surface area contributed by atoms with Gasteiger partial charge in [-0.3, -0.25) is 4.79 Å². The van der Waals surface area contributed by atoms with Gasteiger partial charge in [-0.1, -0.05) is 0 Å². The molecule has 0 bridgehead atoms. The third-order valence-corrected chi connectivity index (χ3v) is 2.78. The highest BCUT2D eigenvalue weighted by Crippen LogP contribution is 2.20. The molecule has 1 amide bonds. The van der Waals surface area contributed by atoms with Gasteiger partial charge in [-0.2, -0.15) is 0 Å². The van der Waals surface area contributed by atoms with E-state index in [1.54, 1.807) is 6.92 Å². The van der Waals surface area contributed by atoms with Gasteiger partial charge >= 0.3 is 0 Å². The lowest BCUT2D eigenvalue weighted by atomic mass is 10.1. The molecule has 0 aromatic carbocycles. The van der Waals surface area contributed by atoms with Crippen LogP contribution in [0.1, 0.15) is 20.3 Å². The van der Waals surface area contributed by atoms with E-state index in [1.165, 1.54) is 0 Å². The summed E-state index contributed by atoms with van der Waals surface area (Å²) < 4.78 is 0. The van der Waals surface area contributed by atoms with Gasteiger partial charge in [0.15, 0.2) is 0 Å². The molecule has 3 heteroatoms. The smallest absolute Gasteiger partial charge is 0.219 e. The molecule has 1 heterocycles. The minimum atomic E-state index is 0.201. The molecular weight excluding hydrogens is 152 g/mol. The molecule has 0 aliphatic carbocycles. The van der Waals surface area contributed by atoms with Crippen molar-refractivity contribution < 1.29 is 4.79 Å². The summed E-state index contributed by atoms with van der Waals surface area (Å²) >= 11 is 0. The molecule has 1 aliphatic heterocycles. The second kappa shape index (κ2) is 3.44. The van der Waals surface area contributed by atoms with E-state index in [4.69, 9.17) is 0 Å². The summed E-state index contributed by atoms with van der Waals surface area (Å²) in [7, 11) is 4.15. The highest BCUT2D eigenvalue weighted by molar-refractivity contribution is 5.74. The van der Waals surface area contributed by atoms with Crippen molar-refractivity contribution in [1.82, 2.24) is 9.80 Å². The van der Waals surface area contributed by atoms with Gasteiger partial charge in [0.2, 0.25) is 5.91 Å². The van der Waals surface area contributed by atoms with E-state index in [0.29, 0.717) is 12.1 Å². The van der Waals surface area contributed by atoms with Gasteiger partial charge in [-0.05, 0) is 27.4 Å². The molecule has 3 nitrogen and oxygen atoms in total. The maximum atomic E-state index is 11.1. The van der Waals surface area contributed by atoms with Crippen LogP contribution >= 0.6 is 0 Å². The summed E-state index contributed by atoms with van der Waals surface area (Å²) in [5.41, 5.74) is 0. The number of carbonyl (C=O) groups excluding carboxylic acids is 1. The molecule has 1 aliphatic rings. The number of amides is 1. The van der Waals surface area contributed by atoms with Gasteiger partial charge < -0.3 is 9.80 Å². The molecule has 0 spiro atoms. The van der Waals surface area contributed by atoms with Crippen molar-refractivity contribution in [2.45, 2.75) is 32.4 Å². The largest absolute Gasteiger partial charge is 0.339 e. The number of hydrogen-bond donors (Lipinski definition) is 0. The van der Waals surface area contributed by atoms with Gasteiger partial charge in [0.25, 0.3) is 0 Å². The first-order valence-electron chi connectivity index (χ1n) is 4.47. The van der Waals surface area contributed by atoms with Gasteiger partial charge in [-0.25, -0.2) is 0 Å². The lowest BCUT2D eigenvalue weighted by molar-refractivity contribution is -0.129. The fourth-order valence-corrected chi connectivity index (χ4v) is 2.06. The predicted octanol–water partition coefficient (Wildman–Crippen LogP) is 0.557. The summed E-state index contributed by atoms with van der Waals surface area (Å²) in [6.07, 6.45) is 1.10. The third kappa shape index (κ3) is 1.61. The maximum Gasteiger partial charge on any atom is 0.219 e. The van der Waals surface area contributed by atoms with E-state index in [2.05, 4.69) is 25.9 Å². The maximum absolute atomic E-state index is 11.1. The third-order valence-electron chi connectivity index (χ3n) is 2.78. The molecule has 1 fully saturated rings. The first-order chi connectivity index (χ1) is 5.54. The Hall–Kier alpha value is -0.570. The van der Waals surface area contributed by atoms with Gasteiger partial charge in [0, 0.05) is 25.6 Å². The lowest BCUT2D eigenvalue weighted by Gasteiger charge is -2.27. The predicted molar refractivity (Wildman–Crippen MR) is 48.9 cm³/mol. The average Bonchev–Trinajstić information content (AvgIpc) is 2.30. The Labute approximate surface area is 74.3 Å². The number of likely N-dealkylation sites (tertiary alicyclic amines) is 1. The van der Waals surface area contributed by atoms with Crippen molar-refractivity contribution in [1.29, 1.82) is 0 Å². The fraction of sp³-hybridized carbons (Fsp3) is 0.889.